The molecule has 1 unspecified atom stereocenters. The Balaban J connectivity index is 0.00000129. The molecule has 0 fully saturated rings. The van der Waals surface area contributed by atoms with Gasteiger partial charge in [-0.25, -0.2) is 4.79 Å². The van der Waals surface area contributed by atoms with Gasteiger partial charge in [0.2, 0.25) is 0 Å². The van der Waals surface area contributed by atoms with Gasteiger partial charge in [-0.3, -0.25) is 4.79 Å². The summed E-state index contributed by atoms with van der Waals surface area (Å²) in [5.74, 6) is 0.448. The number of amides is 1. The lowest BCUT2D eigenvalue weighted by atomic mass is 9.94. The van der Waals surface area contributed by atoms with Crippen LogP contribution >= 0.6 is 35.1 Å². The predicted octanol–water partition coefficient (Wildman–Crippen LogP) is 8.22. The van der Waals surface area contributed by atoms with Gasteiger partial charge in [0.05, 0.1) is 13.2 Å². The zero-order chi connectivity index (χ0) is 30.6. The minimum atomic E-state index is -1.03. The van der Waals surface area contributed by atoms with Crippen LogP contribution in [0.1, 0.15) is 50.3 Å². The van der Waals surface area contributed by atoms with Crippen molar-refractivity contribution in [1.82, 2.24) is 5.32 Å². The van der Waals surface area contributed by atoms with Crippen LogP contribution < -0.4 is 5.32 Å². The van der Waals surface area contributed by atoms with Crippen molar-refractivity contribution in [3.63, 3.8) is 0 Å². The van der Waals surface area contributed by atoms with Crippen molar-refractivity contribution in [2.24, 2.45) is 0 Å². The number of carboxylic acid groups (broad SMARTS) is 1. The number of carbonyl (C=O) groups is 2. The molecule has 2 N–H and O–H groups in total. The first kappa shape index (κ1) is 36.6. The number of rotatable bonds is 12. The number of aliphatic carboxylic acids is 1. The Kier molecular flexibility index (Phi) is 19.0. The maximum absolute atomic E-state index is 13.3. The molecule has 0 heterocycles. The monoisotopic (exact) mass is 617 g/mol. The largest absolute Gasteiger partial charge is 0.480 e. The second kappa shape index (κ2) is 21.3. The van der Waals surface area contributed by atoms with Crippen LogP contribution in [0.25, 0.3) is 5.57 Å². The first-order valence-electron chi connectivity index (χ1n) is 13.8. The lowest BCUT2D eigenvalue weighted by molar-refractivity contribution is -0.141. The van der Waals surface area contributed by atoms with Crippen LogP contribution in [0.2, 0.25) is 5.02 Å². The highest BCUT2D eigenvalue weighted by molar-refractivity contribution is 7.98. The molecule has 1 amide bonds. The Morgan fingerprint density at radius 3 is 2.39 bits per heavy atom. The molecule has 0 saturated carbocycles. The second-order valence-corrected chi connectivity index (χ2v) is 11.5. The van der Waals surface area contributed by atoms with E-state index >= 15 is 0 Å². The Hall–Kier alpha value is -2.45. The van der Waals surface area contributed by atoms with Crippen LogP contribution in [0.15, 0.2) is 77.9 Å². The molecule has 0 spiro atoms. The Morgan fingerprint density at radius 1 is 1.07 bits per heavy atom. The fraction of sp³-hybridized carbons (Fsp3) is 0.394. The van der Waals surface area contributed by atoms with E-state index in [0.29, 0.717) is 42.4 Å². The molecule has 2 aromatic carbocycles. The van der Waals surface area contributed by atoms with E-state index in [4.69, 9.17) is 16.3 Å². The topological polar surface area (TPSA) is 75.6 Å². The zero-order valence-electron chi connectivity index (χ0n) is 25.0. The van der Waals surface area contributed by atoms with Crippen molar-refractivity contribution >= 4 is 52.6 Å². The molecule has 0 radical (unpaired) electrons. The summed E-state index contributed by atoms with van der Waals surface area (Å²) in [4.78, 5) is 25.0. The summed E-state index contributed by atoms with van der Waals surface area (Å²) in [5, 5.41) is 13.0. The molecule has 8 heteroatoms. The Labute approximate surface area is 259 Å². The normalized spacial score (nSPS) is 13.1. The Morgan fingerprint density at radius 2 is 1.78 bits per heavy atom. The van der Waals surface area contributed by atoms with Gasteiger partial charge in [0, 0.05) is 10.6 Å². The van der Waals surface area contributed by atoms with Gasteiger partial charge < -0.3 is 15.2 Å². The SMILES string of the molecule is CC.CCSC.CSCCC(NC(=O)C1=C(c2ccccc2C)C=C(COCc2cccc(Cl)c2)CC=C1)C(=O)O. The molecule has 0 bridgehead atoms. The molecular formula is C33H44ClNO4S2. The molecule has 0 aliphatic heterocycles. The van der Waals surface area contributed by atoms with E-state index in [1.54, 1.807) is 17.8 Å². The van der Waals surface area contributed by atoms with Gasteiger partial charge in [0.1, 0.15) is 6.04 Å². The van der Waals surface area contributed by atoms with Gasteiger partial charge in [-0.05, 0) is 83.8 Å². The summed E-state index contributed by atoms with van der Waals surface area (Å²) in [6.45, 7) is 8.96. The molecule has 0 saturated heterocycles. The highest BCUT2D eigenvalue weighted by Gasteiger charge is 2.23. The minimum absolute atomic E-state index is 0.358. The van der Waals surface area contributed by atoms with Gasteiger partial charge >= 0.3 is 5.97 Å². The van der Waals surface area contributed by atoms with Crippen LogP contribution in [0.5, 0.6) is 0 Å². The van der Waals surface area contributed by atoms with Gasteiger partial charge in [-0.1, -0.05) is 87.0 Å². The number of ether oxygens (including phenoxy) is 1. The van der Waals surface area contributed by atoms with E-state index in [9.17, 15) is 14.7 Å². The summed E-state index contributed by atoms with van der Waals surface area (Å²) < 4.78 is 5.96. The number of hydrogen-bond donors (Lipinski definition) is 2. The quantitative estimate of drug-likeness (QED) is 0.250. The molecule has 5 nitrogen and oxygen atoms in total. The van der Waals surface area contributed by atoms with Crippen LogP contribution in [-0.2, 0) is 20.9 Å². The number of nitrogens with one attached hydrogen (secondary N) is 1. The van der Waals surface area contributed by atoms with E-state index in [2.05, 4.69) is 18.5 Å². The fourth-order valence-electron chi connectivity index (χ4n) is 3.81. The first-order chi connectivity index (χ1) is 19.8. The smallest absolute Gasteiger partial charge is 0.326 e. The zero-order valence-corrected chi connectivity index (χ0v) is 27.4. The molecule has 1 aliphatic carbocycles. The minimum Gasteiger partial charge on any atom is -0.480 e. The lowest BCUT2D eigenvalue weighted by Gasteiger charge is -2.17. The van der Waals surface area contributed by atoms with Crippen LogP contribution in [0, 0.1) is 6.92 Å². The molecule has 3 rings (SSSR count). The van der Waals surface area contributed by atoms with E-state index in [0.717, 1.165) is 27.8 Å². The molecule has 0 aromatic heterocycles. The number of benzene rings is 2. The van der Waals surface area contributed by atoms with E-state index in [1.165, 1.54) is 5.75 Å². The maximum atomic E-state index is 13.3. The van der Waals surface area contributed by atoms with Crippen molar-refractivity contribution in [2.75, 3.05) is 30.6 Å². The summed E-state index contributed by atoms with van der Waals surface area (Å²) in [6.07, 6.45) is 10.7. The molecule has 1 aliphatic rings. The number of halogens is 1. The third-order valence-corrected chi connectivity index (χ3v) is 7.39. The molecule has 2 aromatic rings. The van der Waals surface area contributed by atoms with Gasteiger partial charge in [-0.2, -0.15) is 23.5 Å². The van der Waals surface area contributed by atoms with Crippen LogP contribution in [-0.4, -0.2) is 53.6 Å². The lowest BCUT2D eigenvalue weighted by Crippen LogP contribution is -2.41. The molecular weight excluding hydrogens is 574 g/mol. The number of carbonyl (C=O) groups excluding carboxylic acids is 1. The number of thioether (sulfide) groups is 2. The van der Waals surface area contributed by atoms with Crippen LogP contribution in [0.4, 0.5) is 0 Å². The summed E-state index contributed by atoms with van der Waals surface area (Å²) in [6, 6.07) is 14.5. The fourth-order valence-corrected chi connectivity index (χ4v) is 4.50. The summed E-state index contributed by atoms with van der Waals surface area (Å²) in [5.41, 5.74) is 5.15. The highest BCUT2D eigenvalue weighted by Crippen LogP contribution is 2.29. The van der Waals surface area contributed by atoms with Crippen molar-refractivity contribution in [1.29, 1.82) is 0 Å². The third-order valence-electron chi connectivity index (χ3n) is 5.93. The number of hydrogen-bond acceptors (Lipinski definition) is 5. The molecule has 41 heavy (non-hydrogen) atoms. The predicted molar refractivity (Wildman–Crippen MR) is 179 cm³/mol. The van der Waals surface area contributed by atoms with Crippen molar-refractivity contribution in [3.05, 3.63) is 99.6 Å². The Bertz CT molecular complexity index is 1190. The van der Waals surface area contributed by atoms with E-state index in [-0.39, 0.29) is 0 Å². The average molecular weight is 618 g/mol. The van der Waals surface area contributed by atoms with Gasteiger partial charge in [0.15, 0.2) is 0 Å². The average Bonchev–Trinajstić information content (AvgIpc) is 3.19. The number of aryl methyl sites for hydroxylation is 1. The number of allylic oxidation sites excluding steroid dienone is 3. The standard InChI is InChI=1S/C28H30ClNO4S.C3H8S.C2H6/c1-19-7-3-4-11-23(19)25-16-21(18-34-17-20-8-5-10-22(29)15-20)9-6-12-24(25)27(31)30-26(28(32)33)13-14-35-2;1-3-4-2;1-2/h3-8,10-12,15-16,26H,9,13-14,17-18H2,1-2H3,(H,30,31)(H,32,33);3H2,1-2H3;1-2H3. The van der Waals surface area contributed by atoms with Crippen LogP contribution in [0.3, 0.4) is 0 Å². The van der Waals surface area contributed by atoms with Crippen molar-refractivity contribution in [3.8, 4) is 0 Å². The van der Waals surface area contributed by atoms with E-state index < -0.39 is 17.9 Å². The van der Waals surface area contributed by atoms with Gasteiger partial charge in [-0.15, -0.1) is 0 Å². The second-order valence-electron chi connectivity index (χ2n) is 8.90. The van der Waals surface area contributed by atoms with Gasteiger partial charge in [0.25, 0.3) is 5.91 Å². The summed E-state index contributed by atoms with van der Waals surface area (Å²) in [7, 11) is 0. The third kappa shape index (κ3) is 13.4. The first-order valence-corrected chi connectivity index (χ1v) is 17.0. The van der Waals surface area contributed by atoms with E-state index in [1.807, 2.05) is 99.5 Å². The number of carboxylic acids is 1. The highest BCUT2D eigenvalue weighted by atomic mass is 35.5. The molecule has 224 valence electrons. The summed E-state index contributed by atoms with van der Waals surface area (Å²) >= 11 is 9.47. The molecule has 1 atom stereocenters. The maximum Gasteiger partial charge on any atom is 0.326 e. The van der Waals surface area contributed by atoms with Crippen molar-refractivity contribution in [2.45, 2.75) is 53.2 Å². The van der Waals surface area contributed by atoms with Crippen molar-refractivity contribution < 1.29 is 19.4 Å².